The first kappa shape index (κ1) is 32.4. The monoisotopic (exact) mass is 651 g/mol. The SMILES string of the molecule is CC(C)(C)OC(=O)NC1CCC(Nc2cc(Nc3ccc(NC(=O)C4=CC=CC(c5ccc(F)cc5)C4=O)cc3)c3nccn3n2)CC1. The van der Waals surface area contributed by atoms with E-state index in [4.69, 9.17) is 4.74 Å². The summed E-state index contributed by atoms with van der Waals surface area (Å²) in [5.74, 6) is -1.23. The highest BCUT2D eigenvalue weighted by atomic mass is 19.1. The number of carbonyl (C=O) groups is 3. The number of hydrogen-bond acceptors (Lipinski definition) is 8. The van der Waals surface area contributed by atoms with Gasteiger partial charge in [-0.1, -0.05) is 24.3 Å². The molecule has 48 heavy (non-hydrogen) atoms. The molecule has 0 aliphatic heterocycles. The van der Waals surface area contributed by atoms with Crippen molar-refractivity contribution in [2.75, 3.05) is 16.0 Å². The van der Waals surface area contributed by atoms with E-state index < -0.39 is 23.2 Å². The van der Waals surface area contributed by atoms with Gasteiger partial charge >= 0.3 is 6.09 Å². The third-order valence-corrected chi connectivity index (χ3v) is 8.17. The maximum atomic E-state index is 13.4. The molecule has 4 aromatic rings. The van der Waals surface area contributed by atoms with E-state index in [0.29, 0.717) is 22.7 Å². The molecule has 1 atom stereocenters. The molecule has 2 heterocycles. The zero-order valence-corrected chi connectivity index (χ0v) is 27.0. The molecule has 2 aliphatic rings. The molecule has 4 N–H and O–H groups in total. The third kappa shape index (κ3) is 7.88. The van der Waals surface area contributed by atoms with E-state index in [1.807, 2.05) is 39.0 Å². The van der Waals surface area contributed by atoms with Crippen LogP contribution in [0.25, 0.3) is 5.65 Å². The Balaban J connectivity index is 1.06. The third-order valence-electron chi connectivity index (χ3n) is 8.17. The molecule has 2 amide bonds. The Morgan fingerprint density at radius 1 is 0.958 bits per heavy atom. The summed E-state index contributed by atoms with van der Waals surface area (Å²) in [6, 6.07) is 15.0. The van der Waals surface area contributed by atoms with Gasteiger partial charge in [0.2, 0.25) is 0 Å². The van der Waals surface area contributed by atoms with Gasteiger partial charge in [0, 0.05) is 41.9 Å². The second-order valence-electron chi connectivity index (χ2n) is 13.0. The molecule has 0 bridgehead atoms. The lowest BCUT2D eigenvalue weighted by atomic mass is 9.86. The van der Waals surface area contributed by atoms with Crippen LogP contribution in [0.1, 0.15) is 57.9 Å². The summed E-state index contributed by atoms with van der Waals surface area (Å²) in [6.07, 6.45) is 11.3. The van der Waals surface area contributed by atoms with Gasteiger partial charge in [-0.25, -0.2) is 18.7 Å². The fourth-order valence-electron chi connectivity index (χ4n) is 5.86. The minimum absolute atomic E-state index is 0.0281. The number of alkyl carbamates (subject to hydrolysis) is 1. The number of anilines is 4. The number of fused-ring (bicyclic) bond motifs is 1. The van der Waals surface area contributed by atoms with Crippen LogP contribution in [-0.2, 0) is 14.3 Å². The molecule has 11 nitrogen and oxygen atoms in total. The van der Waals surface area contributed by atoms with Gasteiger partial charge in [-0.05, 0) is 94.5 Å². The summed E-state index contributed by atoms with van der Waals surface area (Å²) < 4.78 is 20.5. The molecule has 2 aliphatic carbocycles. The molecule has 0 spiro atoms. The molecular weight excluding hydrogens is 613 g/mol. The Bertz CT molecular complexity index is 1870. The summed E-state index contributed by atoms with van der Waals surface area (Å²) in [6.45, 7) is 5.55. The van der Waals surface area contributed by atoms with E-state index in [1.54, 1.807) is 53.3 Å². The fourth-order valence-corrected chi connectivity index (χ4v) is 5.86. The number of carbonyl (C=O) groups excluding carboxylic acids is 3. The Labute approximate surface area is 277 Å². The first-order valence-electron chi connectivity index (χ1n) is 16.0. The van der Waals surface area contributed by atoms with Gasteiger partial charge in [0.25, 0.3) is 5.91 Å². The van der Waals surface area contributed by atoms with Crippen LogP contribution >= 0.6 is 0 Å². The average Bonchev–Trinajstić information content (AvgIpc) is 3.52. The van der Waals surface area contributed by atoms with Crippen LogP contribution < -0.4 is 21.3 Å². The minimum atomic E-state index is -0.654. The van der Waals surface area contributed by atoms with Gasteiger partial charge in [-0.15, -0.1) is 5.10 Å². The standard InChI is InChI=1S/C36H38FN7O4/c1-36(2,3)48-35(47)42-27-17-13-25(14-18-27)40-31-21-30(33-38-19-20-44(33)43-31)39-24-11-15-26(16-12-24)41-34(46)29-6-4-5-28(32(29)45)22-7-9-23(37)10-8-22/h4-12,15-16,19-21,25,27-28,39H,13-14,17-18H2,1-3H3,(H,40,43)(H,41,46)(H,42,47). The quantitative estimate of drug-likeness (QED) is 0.156. The normalized spacial score (nSPS) is 19.4. The number of ketones is 1. The van der Waals surface area contributed by atoms with Crippen molar-refractivity contribution in [2.45, 2.75) is 70.1 Å². The van der Waals surface area contributed by atoms with E-state index in [0.717, 1.165) is 37.1 Å². The minimum Gasteiger partial charge on any atom is -0.444 e. The number of benzene rings is 2. The lowest BCUT2D eigenvalue weighted by molar-refractivity contribution is -0.120. The Kier molecular flexibility index (Phi) is 9.24. The number of aromatic nitrogens is 3. The van der Waals surface area contributed by atoms with E-state index in [-0.39, 0.29) is 29.5 Å². The summed E-state index contributed by atoms with van der Waals surface area (Å²) in [7, 11) is 0. The van der Waals surface area contributed by atoms with Crippen molar-refractivity contribution in [2.24, 2.45) is 0 Å². The van der Waals surface area contributed by atoms with Crippen LogP contribution in [0.5, 0.6) is 0 Å². The molecule has 248 valence electrons. The maximum absolute atomic E-state index is 13.4. The van der Waals surface area contributed by atoms with Gasteiger partial charge in [0.1, 0.15) is 17.2 Å². The topological polar surface area (TPSA) is 139 Å². The Hall–Kier alpha value is -5.52. The van der Waals surface area contributed by atoms with Crippen LogP contribution in [-0.4, -0.2) is 50.1 Å². The molecule has 2 aromatic carbocycles. The molecule has 1 fully saturated rings. The van der Waals surface area contributed by atoms with Gasteiger partial charge in [0.15, 0.2) is 11.4 Å². The van der Waals surface area contributed by atoms with Crippen molar-refractivity contribution >= 4 is 46.3 Å². The highest BCUT2D eigenvalue weighted by molar-refractivity contribution is 6.26. The molecule has 2 aromatic heterocycles. The van der Waals surface area contributed by atoms with Gasteiger partial charge in [0.05, 0.1) is 17.2 Å². The van der Waals surface area contributed by atoms with Crippen LogP contribution in [0.2, 0.25) is 0 Å². The molecule has 12 heteroatoms. The summed E-state index contributed by atoms with van der Waals surface area (Å²) in [5.41, 5.74) is 2.78. The van der Waals surface area contributed by atoms with E-state index in [1.165, 1.54) is 18.2 Å². The molecule has 6 rings (SSSR count). The number of Topliss-reactive ketones (excluding diaryl/α,β-unsaturated/α-hetero) is 1. The zero-order chi connectivity index (χ0) is 33.8. The summed E-state index contributed by atoms with van der Waals surface area (Å²) >= 11 is 0. The van der Waals surface area contributed by atoms with Crippen molar-refractivity contribution < 1.29 is 23.5 Å². The van der Waals surface area contributed by atoms with Crippen LogP contribution in [0.3, 0.4) is 0 Å². The van der Waals surface area contributed by atoms with Gasteiger partial charge in [-0.3, -0.25) is 9.59 Å². The molecule has 1 unspecified atom stereocenters. The number of amides is 2. The first-order valence-corrected chi connectivity index (χ1v) is 16.0. The number of nitrogens with zero attached hydrogens (tertiary/aromatic N) is 3. The number of halogens is 1. The van der Waals surface area contributed by atoms with Gasteiger partial charge < -0.3 is 26.0 Å². The number of hydrogen-bond donors (Lipinski definition) is 4. The second-order valence-corrected chi connectivity index (χ2v) is 13.0. The van der Waals surface area contributed by atoms with E-state index >= 15 is 0 Å². The molecule has 1 saturated carbocycles. The number of rotatable bonds is 8. The lowest BCUT2D eigenvalue weighted by Gasteiger charge is -2.30. The Morgan fingerprint density at radius 2 is 1.65 bits per heavy atom. The van der Waals surface area contributed by atoms with Crippen LogP contribution in [0, 0.1) is 5.82 Å². The van der Waals surface area contributed by atoms with Crippen LogP contribution in [0.4, 0.5) is 32.1 Å². The number of nitrogens with one attached hydrogen (secondary N) is 4. The van der Waals surface area contributed by atoms with E-state index in [2.05, 4.69) is 31.3 Å². The highest BCUT2D eigenvalue weighted by Gasteiger charge is 2.28. The molecular formula is C36H38FN7O4. The number of ether oxygens (including phenoxy) is 1. The smallest absolute Gasteiger partial charge is 0.407 e. The fraction of sp³-hybridized carbons (Fsp3) is 0.306. The van der Waals surface area contributed by atoms with Crippen molar-refractivity contribution in [3.05, 3.63) is 102 Å². The van der Waals surface area contributed by atoms with Crippen molar-refractivity contribution in [3.63, 3.8) is 0 Å². The molecule has 0 radical (unpaired) electrons. The molecule has 0 saturated heterocycles. The number of imidazole rings is 1. The Morgan fingerprint density at radius 3 is 2.35 bits per heavy atom. The summed E-state index contributed by atoms with van der Waals surface area (Å²) in [4.78, 5) is 42.8. The second kappa shape index (κ2) is 13.7. The number of allylic oxidation sites excluding steroid dienone is 3. The van der Waals surface area contributed by atoms with Crippen molar-refractivity contribution in [1.29, 1.82) is 0 Å². The predicted octanol–water partition coefficient (Wildman–Crippen LogP) is 6.65. The lowest BCUT2D eigenvalue weighted by Crippen LogP contribution is -2.42. The average molecular weight is 652 g/mol. The predicted molar refractivity (Wildman–Crippen MR) is 182 cm³/mol. The maximum Gasteiger partial charge on any atom is 0.407 e. The van der Waals surface area contributed by atoms with E-state index in [9.17, 15) is 18.8 Å². The first-order chi connectivity index (χ1) is 23.0. The highest BCUT2D eigenvalue weighted by Crippen LogP contribution is 2.29. The van der Waals surface area contributed by atoms with Gasteiger partial charge in [-0.2, -0.15) is 0 Å². The zero-order valence-electron chi connectivity index (χ0n) is 27.0. The van der Waals surface area contributed by atoms with Crippen LogP contribution in [0.15, 0.2) is 90.8 Å². The largest absolute Gasteiger partial charge is 0.444 e. The van der Waals surface area contributed by atoms with Crippen molar-refractivity contribution in [3.8, 4) is 0 Å². The summed E-state index contributed by atoms with van der Waals surface area (Å²) in [5, 5.41) is 17.4. The van der Waals surface area contributed by atoms with Crippen molar-refractivity contribution in [1.82, 2.24) is 19.9 Å².